The third kappa shape index (κ3) is 2.02. The van der Waals surface area contributed by atoms with Crippen LogP contribution in [0.5, 0.6) is 0 Å². The fraction of sp³-hybridized carbons (Fsp3) is 0.130. The van der Waals surface area contributed by atoms with Crippen LogP contribution in [0, 0.1) is 0 Å². The lowest BCUT2D eigenvalue weighted by Crippen LogP contribution is -2.44. The quantitative estimate of drug-likeness (QED) is 0.379. The Morgan fingerprint density at radius 1 is 1.12 bits per heavy atom. The van der Waals surface area contributed by atoms with Gasteiger partial charge in [-0.3, -0.25) is 14.5 Å². The Balaban J connectivity index is 1.80. The van der Waals surface area contributed by atoms with Gasteiger partial charge in [0.05, 0.1) is 18.4 Å². The number of esters is 1. The van der Waals surface area contributed by atoms with E-state index >= 15 is 0 Å². The molecule has 0 saturated heterocycles. The number of aromatic nitrogens is 1. The minimum Gasteiger partial charge on any atom is -0.468 e. The van der Waals surface area contributed by atoms with Crippen molar-refractivity contribution >= 4 is 34.5 Å². The number of rotatable bonds is 2. The Kier molecular flexibility index (Phi) is 3.48. The summed E-state index contributed by atoms with van der Waals surface area (Å²) in [5, 5.41) is 0.513. The van der Waals surface area contributed by atoms with E-state index in [9.17, 15) is 14.4 Å². The lowest BCUT2D eigenvalue weighted by molar-refractivity contribution is -0.140. The second-order valence-corrected chi connectivity index (χ2v) is 7.60. The number of hydrogen-bond donors (Lipinski definition) is 1. The summed E-state index contributed by atoms with van der Waals surface area (Å²) in [6.07, 6.45) is 0. The lowest BCUT2D eigenvalue weighted by Gasteiger charge is -2.23. The number of methoxy groups -OCH3 is 1. The lowest BCUT2D eigenvalue weighted by atomic mass is 9.76. The number of amides is 1. The highest BCUT2D eigenvalue weighted by atomic mass is 16.5. The van der Waals surface area contributed by atoms with Crippen LogP contribution in [-0.4, -0.2) is 30.5 Å². The molecule has 0 fully saturated rings. The molecule has 6 rings (SSSR count). The maximum atomic E-state index is 14.2. The van der Waals surface area contributed by atoms with E-state index in [1.54, 1.807) is 48.5 Å². The minimum atomic E-state index is -1.65. The van der Waals surface area contributed by atoms with Crippen LogP contribution in [-0.2, 0) is 19.7 Å². The number of carbonyl (C=O) groups is 2. The first-order valence-electron chi connectivity index (χ1n) is 9.80. The van der Waals surface area contributed by atoms with E-state index in [1.807, 2.05) is 0 Å². The SMILES string of the molecule is COC(=O)CN1C(=O)C2(c3ccccc3-c3oc(N)nc32)c2c1c1ccccc1oc2=O. The van der Waals surface area contributed by atoms with Gasteiger partial charge in [-0.05, 0) is 17.7 Å². The van der Waals surface area contributed by atoms with Gasteiger partial charge in [0.1, 0.15) is 17.8 Å². The van der Waals surface area contributed by atoms with Crippen molar-refractivity contribution in [1.82, 2.24) is 4.98 Å². The zero-order valence-corrected chi connectivity index (χ0v) is 16.7. The molecule has 9 heteroatoms. The van der Waals surface area contributed by atoms with Gasteiger partial charge >= 0.3 is 11.6 Å². The zero-order chi connectivity index (χ0) is 22.2. The van der Waals surface area contributed by atoms with E-state index in [-0.39, 0.29) is 29.5 Å². The number of para-hydroxylation sites is 1. The van der Waals surface area contributed by atoms with Crippen molar-refractivity contribution in [2.75, 3.05) is 24.3 Å². The predicted molar refractivity (Wildman–Crippen MR) is 113 cm³/mol. The van der Waals surface area contributed by atoms with Crippen molar-refractivity contribution in [3.05, 3.63) is 75.8 Å². The highest BCUT2D eigenvalue weighted by molar-refractivity contribution is 6.21. The predicted octanol–water partition coefficient (Wildman–Crippen LogP) is 2.20. The topological polar surface area (TPSA) is 129 Å². The molecule has 4 aromatic rings. The Hall–Kier alpha value is -4.40. The summed E-state index contributed by atoms with van der Waals surface area (Å²) < 4.78 is 16.1. The van der Waals surface area contributed by atoms with Gasteiger partial charge in [-0.1, -0.05) is 36.4 Å². The summed E-state index contributed by atoms with van der Waals surface area (Å²) in [6, 6.07) is 13.8. The number of ether oxygens (including phenoxy) is 1. The Morgan fingerprint density at radius 2 is 1.88 bits per heavy atom. The van der Waals surface area contributed by atoms with Crippen LogP contribution in [0.4, 0.5) is 11.7 Å². The van der Waals surface area contributed by atoms with Crippen molar-refractivity contribution in [3.63, 3.8) is 0 Å². The first kappa shape index (κ1) is 18.4. The van der Waals surface area contributed by atoms with E-state index < -0.39 is 22.9 Å². The summed E-state index contributed by atoms with van der Waals surface area (Å²) in [5.74, 6) is -0.851. The summed E-state index contributed by atoms with van der Waals surface area (Å²) >= 11 is 0. The highest BCUT2D eigenvalue weighted by Gasteiger charge is 2.63. The molecule has 32 heavy (non-hydrogen) atoms. The molecule has 2 N–H and O–H groups in total. The van der Waals surface area contributed by atoms with Gasteiger partial charge in [-0.2, -0.15) is 4.98 Å². The molecule has 1 aliphatic carbocycles. The summed E-state index contributed by atoms with van der Waals surface area (Å²) in [7, 11) is 1.23. The summed E-state index contributed by atoms with van der Waals surface area (Å²) in [6.45, 7) is -0.387. The number of nitrogen functional groups attached to an aromatic ring is 1. The number of nitrogens with zero attached hydrogens (tertiary/aromatic N) is 2. The zero-order valence-electron chi connectivity index (χ0n) is 16.7. The fourth-order valence-corrected chi connectivity index (χ4v) is 4.88. The van der Waals surface area contributed by atoms with Crippen molar-refractivity contribution in [3.8, 4) is 11.3 Å². The molecule has 1 amide bonds. The van der Waals surface area contributed by atoms with Crippen molar-refractivity contribution in [2.24, 2.45) is 0 Å². The number of nitrogens with two attached hydrogens (primary N) is 1. The second-order valence-electron chi connectivity index (χ2n) is 7.60. The number of carbonyl (C=O) groups excluding carboxylic acids is 2. The van der Waals surface area contributed by atoms with E-state index in [0.717, 1.165) is 0 Å². The number of anilines is 2. The average molecular weight is 429 g/mol. The molecule has 1 spiro atoms. The number of hydrogen-bond acceptors (Lipinski definition) is 8. The smallest absolute Gasteiger partial charge is 0.343 e. The first-order chi connectivity index (χ1) is 15.5. The third-order valence-corrected chi connectivity index (χ3v) is 6.09. The van der Waals surface area contributed by atoms with Crippen molar-refractivity contribution in [2.45, 2.75) is 5.41 Å². The van der Waals surface area contributed by atoms with Crippen molar-refractivity contribution in [1.29, 1.82) is 0 Å². The monoisotopic (exact) mass is 429 g/mol. The molecular weight excluding hydrogens is 414 g/mol. The molecule has 0 bridgehead atoms. The van der Waals surface area contributed by atoms with Gasteiger partial charge in [-0.25, -0.2) is 4.79 Å². The molecule has 2 aromatic carbocycles. The van der Waals surface area contributed by atoms with Gasteiger partial charge in [0.2, 0.25) is 5.91 Å². The van der Waals surface area contributed by atoms with E-state index in [4.69, 9.17) is 19.3 Å². The molecule has 1 atom stereocenters. The summed E-state index contributed by atoms with van der Waals surface area (Å²) in [4.78, 5) is 45.4. The molecule has 2 aliphatic rings. The average Bonchev–Trinajstić information content (AvgIpc) is 3.39. The van der Waals surface area contributed by atoms with Gasteiger partial charge < -0.3 is 19.3 Å². The van der Waals surface area contributed by atoms with Crippen LogP contribution >= 0.6 is 0 Å². The molecule has 3 heterocycles. The van der Waals surface area contributed by atoms with Crippen LogP contribution in [0.15, 0.2) is 62.2 Å². The van der Waals surface area contributed by atoms with Gasteiger partial charge in [-0.15, -0.1) is 0 Å². The first-order valence-corrected chi connectivity index (χ1v) is 9.80. The molecule has 9 nitrogen and oxygen atoms in total. The number of fused-ring (bicyclic) bond motifs is 9. The fourth-order valence-electron chi connectivity index (χ4n) is 4.88. The van der Waals surface area contributed by atoms with Crippen LogP contribution in [0.3, 0.4) is 0 Å². The second kappa shape index (κ2) is 6.07. The molecule has 0 saturated carbocycles. The van der Waals surface area contributed by atoms with Gasteiger partial charge in [0.15, 0.2) is 11.2 Å². The van der Waals surface area contributed by atoms with E-state index in [2.05, 4.69) is 4.98 Å². The Morgan fingerprint density at radius 3 is 2.69 bits per heavy atom. The Bertz CT molecular complexity index is 1530. The largest absolute Gasteiger partial charge is 0.468 e. The minimum absolute atomic E-state index is 0.0737. The standard InChI is InChI=1S/C23H15N3O6/c1-30-15(27)10-26-17-12-7-3-5-9-14(12)31-20(28)16(17)23(21(26)29)13-8-4-2-6-11(13)18-19(23)25-22(24)32-18/h2-9H,10H2,1H3,(H2,24,25). The molecule has 158 valence electrons. The number of oxazole rings is 1. The highest BCUT2D eigenvalue weighted by Crippen LogP contribution is 2.58. The van der Waals surface area contributed by atoms with E-state index in [1.165, 1.54) is 12.0 Å². The van der Waals surface area contributed by atoms with Crippen molar-refractivity contribution < 1.29 is 23.2 Å². The third-order valence-electron chi connectivity index (χ3n) is 6.09. The van der Waals surface area contributed by atoms with E-state index in [0.29, 0.717) is 27.9 Å². The van der Waals surface area contributed by atoms with Crippen LogP contribution in [0.1, 0.15) is 16.8 Å². The van der Waals surface area contributed by atoms with Crippen LogP contribution in [0.25, 0.3) is 22.3 Å². The maximum absolute atomic E-state index is 14.2. The molecule has 1 unspecified atom stereocenters. The molecule has 1 aliphatic heterocycles. The Labute approximate surface area is 180 Å². The van der Waals surface area contributed by atoms with Crippen LogP contribution in [0.2, 0.25) is 0 Å². The summed E-state index contributed by atoms with van der Waals surface area (Å²) in [5.41, 5.74) is 5.47. The van der Waals surface area contributed by atoms with Gasteiger partial charge in [0.25, 0.3) is 6.01 Å². The maximum Gasteiger partial charge on any atom is 0.343 e. The normalized spacial score (nSPS) is 18.2. The van der Waals surface area contributed by atoms with Crippen LogP contribution < -0.4 is 16.3 Å². The molecular formula is C23H15N3O6. The van der Waals surface area contributed by atoms with Gasteiger partial charge in [0, 0.05) is 10.9 Å². The molecule has 0 radical (unpaired) electrons. The number of benzene rings is 2. The molecule has 2 aromatic heterocycles.